The fourth-order valence-corrected chi connectivity index (χ4v) is 3.66. The summed E-state index contributed by atoms with van der Waals surface area (Å²) < 4.78 is 43.0. The molecule has 0 bridgehead atoms. The van der Waals surface area contributed by atoms with Crippen molar-refractivity contribution < 1.29 is 17.6 Å². The number of hydrogen-bond donors (Lipinski definition) is 1. The standard InChI is InChI=1S/C19H18FN3O3S/c1-13-8-9-16(10-18(13)20)21-19(24)17-12-23(27(25,26)22-14(17)2)11-15-6-4-3-5-7-15/h3-10,12H,11H2,1-2H3,(H,21,24). The summed E-state index contributed by atoms with van der Waals surface area (Å²) in [6.45, 7) is 3.11. The summed E-state index contributed by atoms with van der Waals surface area (Å²) in [6, 6.07) is 13.3. The summed E-state index contributed by atoms with van der Waals surface area (Å²) in [5.41, 5.74) is 1.67. The van der Waals surface area contributed by atoms with Crippen LogP contribution < -0.4 is 5.32 Å². The van der Waals surface area contributed by atoms with Crippen LogP contribution in [-0.4, -0.2) is 24.3 Å². The topological polar surface area (TPSA) is 78.8 Å². The number of nitrogens with zero attached hydrogens (tertiary/aromatic N) is 2. The minimum atomic E-state index is -3.92. The Morgan fingerprint density at radius 1 is 1.15 bits per heavy atom. The number of carbonyl (C=O) groups is 1. The molecular formula is C19H18FN3O3S. The van der Waals surface area contributed by atoms with Gasteiger partial charge in [0.15, 0.2) is 0 Å². The zero-order valence-electron chi connectivity index (χ0n) is 14.8. The maximum atomic E-state index is 13.7. The zero-order valence-corrected chi connectivity index (χ0v) is 15.6. The molecule has 0 aliphatic carbocycles. The average molecular weight is 387 g/mol. The second kappa shape index (κ2) is 7.32. The maximum absolute atomic E-state index is 13.7. The van der Waals surface area contributed by atoms with Crippen molar-refractivity contribution in [2.75, 3.05) is 5.32 Å². The normalized spacial score (nSPS) is 15.7. The van der Waals surface area contributed by atoms with E-state index in [0.29, 0.717) is 5.56 Å². The van der Waals surface area contributed by atoms with Gasteiger partial charge in [-0.2, -0.15) is 8.42 Å². The van der Waals surface area contributed by atoms with Crippen molar-refractivity contribution in [1.82, 2.24) is 4.31 Å². The molecule has 2 aromatic carbocycles. The van der Waals surface area contributed by atoms with E-state index in [-0.39, 0.29) is 23.5 Å². The molecule has 1 amide bonds. The fourth-order valence-electron chi connectivity index (χ4n) is 2.56. The van der Waals surface area contributed by atoms with E-state index in [0.717, 1.165) is 9.87 Å². The molecule has 1 heterocycles. The van der Waals surface area contributed by atoms with Crippen molar-refractivity contribution in [2.24, 2.45) is 4.40 Å². The van der Waals surface area contributed by atoms with Gasteiger partial charge in [0.1, 0.15) is 5.82 Å². The Morgan fingerprint density at radius 3 is 2.52 bits per heavy atom. The van der Waals surface area contributed by atoms with Crippen molar-refractivity contribution in [3.63, 3.8) is 0 Å². The SMILES string of the molecule is CC1=NS(=O)(=O)N(Cc2ccccc2)C=C1C(=O)Nc1ccc(C)c(F)c1. The van der Waals surface area contributed by atoms with Crippen molar-refractivity contribution in [1.29, 1.82) is 0 Å². The molecule has 1 aliphatic rings. The average Bonchev–Trinajstić information content (AvgIpc) is 2.61. The van der Waals surface area contributed by atoms with Crippen LogP contribution >= 0.6 is 0 Å². The lowest BCUT2D eigenvalue weighted by molar-refractivity contribution is -0.112. The lowest BCUT2D eigenvalue weighted by Crippen LogP contribution is -2.32. The van der Waals surface area contributed by atoms with Gasteiger partial charge < -0.3 is 5.32 Å². The summed E-state index contributed by atoms with van der Waals surface area (Å²) in [6.07, 6.45) is 1.25. The molecular weight excluding hydrogens is 369 g/mol. The smallest absolute Gasteiger partial charge is 0.322 e. The lowest BCUT2D eigenvalue weighted by atomic mass is 10.1. The molecule has 6 nitrogen and oxygen atoms in total. The van der Waals surface area contributed by atoms with Crippen LogP contribution in [0.15, 0.2) is 64.7 Å². The van der Waals surface area contributed by atoms with Gasteiger partial charge in [-0.3, -0.25) is 9.10 Å². The van der Waals surface area contributed by atoms with Crippen LogP contribution in [0.2, 0.25) is 0 Å². The van der Waals surface area contributed by atoms with Gasteiger partial charge in [0.25, 0.3) is 5.91 Å². The van der Waals surface area contributed by atoms with Gasteiger partial charge in [0.2, 0.25) is 0 Å². The first-order valence-corrected chi connectivity index (χ1v) is 9.58. The molecule has 1 N–H and O–H groups in total. The summed E-state index contributed by atoms with van der Waals surface area (Å²) in [5.74, 6) is -1.00. The number of carbonyl (C=O) groups excluding carboxylic acids is 1. The Hall–Kier alpha value is -3.00. The summed E-state index contributed by atoms with van der Waals surface area (Å²) in [4.78, 5) is 12.6. The van der Waals surface area contributed by atoms with Crippen LogP contribution in [0.3, 0.4) is 0 Å². The second-order valence-corrected chi connectivity index (χ2v) is 7.69. The van der Waals surface area contributed by atoms with Crippen molar-refractivity contribution >= 4 is 27.5 Å². The van der Waals surface area contributed by atoms with E-state index in [9.17, 15) is 17.6 Å². The molecule has 0 aromatic heterocycles. The number of halogens is 1. The summed E-state index contributed by atoms with van der Waals surface area (Å²) in [5, 5.41) is 2.57. The molecule has 2 aromatic rings. The highest BCUT2D eigenvalue weighted by molar-refractivity contribution is 7.88. The van der Waals surface area contributed by atoms with Crippen molar-refractivity contribution in [3.8, 4) is 0 Å². The molecule has 0 spiro atoms. The third-order valence-corrected chi connectivity index (χ3v) is 5.40. The van der Waals surface area contributed by atoms with Crippen molar-refractivity contribution in [2.45, 2.75) is 20.4 Å². The van der Waals surface area contributed by atoms with E-state index in [2.05, 4.69) is 9.71 Å². The minimum Gasteiger partial charge on any atom is -0.322 e. The van der Waals surface area contributed by atoms with Gasteiger partial charge in [-0.05, 0) is 37.1 Å². The van der Waals surface area contributed by atoms with E-state index in [1.165, 1.54) is 19.2 Å². The quantitative estimate of drug-likeness (QED) is 0.875. The van der Waals surface area contributed by atoms with Crippen LogP contribution in [0.1, 0.15) is 18.1 Å². The highest BCUT2D eigenvalue weighted by atomic mass is 32.2. The second-order valence-electron chi connectivity index (χ2n) is 6.15. The Morgan fingerprint density at radius 2 is 1.85 bits per heavy atom. The molecule has 27 heavy (non-hydrogen) atoms. The molecule has 0 saturated heterocycles. The molecule has 1 aliphatic heterocycles. The number of rotatable bonds is 4. The maximum Gasteiger partial charge on any atom is 0.344 e. The third kappa shape index (κ3) is 4.22. The predicted molar refractivity (Wildman–Crippen MR) is 102 cm³/mol. The first-order valence-electron chi connectivity index (χ1n) is 8.18. The van der Waals surface area contributed by atoms with E-state index >= 15 is 0 Å². The molecule has 0 radical (unpaired) electrons. The lowest BCUT2D eigenvalue weighted by Gasteiger charge is -2.23. The highest BCUT2D eigenvalue weighted by Gasteiger charge is 2.28. The highest BCUT2D eigenvalue weighted by Crippen LogP contribution is 2.21. The van der Waals surface area contributed by atoms with Gasteiger partial charge in [-0.1, -0.05) is 36.4 Å². The molecule has 0 unspecified atom stereocenters. The Kier molecular flexibility index (Phi) is 5.09. The van der Waals surface area contributed by atoms with Gasteiger partial charge in [-0.25, -0.2) is 4.39 Å². The predicted octanol–water partition coefficient (Wildman–Crippen LogP) is 3.18. The Balaban J connectivity index is 1.87. The van der Waals surface area contributed by atoms with E-state index < -0.39 is 21.9 Å². The van der Waals surface area contributed by atoms with Crippen LogP contribution in [-0.2, 0) is 21.5 Å². The van der Waals surface area contributed by atoms with Crippen LogP contribution in [0.25, 0.3) is 0 Å². The van der Waals surface area contributed by atoms with Gasteiger partial charge >= 0.3 is 10.2 Å². The summed E-state index contributed by atoms with van der Waals surface area (Å²) >= 11 is 0. The van der Waals surface area contributed by atoms with Gasteiger partial charge in [0, 0.05) is 11.9 Å². The Bertz CT molecular complexity index is 1050. The molecule has 0 fully saturated rings. The molecule has 0 atom stereocenters. The van der Waals surface area contributed by atoms with Crippen molar-refractivity contribution in [3.05, 3.63) is 77.2 Å². The molecule has 0 saturated carbocycles. The summed E-state index contributed by atoms with van der Waals surface area (Å²) in [7, 11) is -3.92. The molecule has 8 heteroatoms. The first kappa shape index (κ1) is 18.8. The van der Waals surface area contributed by atoms with E-state index in [1.807, 2.05) is 6.07 Å². The van der Waals surface area contributed by atoms with Crippen LogP contribution in [0.4, 0.5) is 10.1 Å². The molecule has 140 valence electrons. The third-order valence-electron chi connectivity index (χ3n) is 4.07. The monoisotopic (exact) mass is 387 g/mol. The minimum absolute atomic E-state index is 0.0515. The molecule has 3 rings (SSSR count). The van der Waals surface area contributed by atoms with E-state index in [1.54, 1.807) is 43.3 Å². The first-order chi connectivity index (χ1) is 12.8. The van der Waals surface area contributed by atoms with E-state index in [4.69, 9.17) is 0 Å². The fraction of sp³-hybridized carbons (Fsp3) is 0.158. The van der Waals surface area contributed by atoms with Crippen LogP contribution in [0, 0.1) is 12.7 Å². The number of nitrogens with one attached hydrogen (secondary N) is 1. The number of hydrogen-bond acceptors (Lipinski definition) is 3. The zero-order chi connectivity index (χ0) is 19.6. The number of aryl methyl sites for hydroxylation is 1. The number of benzene rings is 2. The largest absolute Gasteiger partial charge is 0.344 e. The van der Waals surface area contributed by atoms with Gasteiger partial charge in [0.05, 0.1) is 17.8 Å². The van der Waals surface area contributed by atoms with Gasteiger partial charge in [-0.15, -0.1) is 4.40 Å². The van der Waals surface area contributed by atoms with Crippen LogP contribution in [0.5, 0.6) is 0 Å². The Labute approximate surface area is 157 Å². The number of amides is 1. The number of anilines is 1.